The zero-order valence-corrected chi connectivity index (χ0v) is 10.9. The van der Waals surface area contributed by atoms with Crippen LogP contribution < -0.4 is 5.32 Å². The van der Waals surface area contributed by atoms with Gasteiger partial charge in [0.15, 0.2) is 0 Å². The molecule has 3 heteroatoms. The fourth-order valence-electron chi connectivity index (χ4n) is 3.17. The molecular weight excluding hydrogens is 198 g/mol. The van der Waals surface area contributed by atoms with Crippen LogP contribution in [0.1, 0.15) is 32.6 Å². The summed E-state index contributed by atoms with van der Waals surface area (Å²) in [6.07, 6.45) is 5.54. The van der Waals surface area contributed by atoms with Gasteiger partial charge in [-0.15, -0.1) is 0 Å². The minimum absolute atomic E-state index is 0.785. The Hall–Kier alpha value is -0.120. The largest absolute Gasteiger partial charge is 0.317 e. The maximum Gasteiger partial charge on any atom is 0.0113 e. The van der Waals surface area contributed by atoms with Gasteiger partial charge in [0.2, 0.25) is 0 Å². The lowest BCUT2D eigenvalue weighted by Gasteiger charge is -2.41. The number of nitrogens with zero attached hydrogens (tertiary/aromatic N) is 2. The van der Waals surface area contributed by atoms with Gasteiger partial charge >= 0.3 is 0 Å². The molecule has 0 radical (unpaired) electrons. The van der Waals surface area contributed by atoms with E-state index in [0.717, 1.165) is 12.1 Å². The molecule has 2 aliphatic rings. The number of likely N-dealkylation sites (N-methyl/N-ethyl adjacent to an activating group) is 1. The summed E-state index contributed by atoms with van der Waals surface area (Å²) in [5.74, 6) is 0. The van der Waals surface area contributed by atoms with E-state index in [9.17, 15) is 0 Å². The first-order valence-electron chi connectivity index (χ1n) is 6.97. The average molecular weight is 225 g/mol. The van der Waals surface area contributed by atoms with Crippen LogP contribution in [0.4, 0.5) is 0 Å². The summed E-state index contributed by atoms with van der Waals surface area (Å²) in [5.41, 5.74) is 0. The second-order valence-corrected chi connectivity index (χ2v) is 5.26. The van der Waals surface area contributed by atoms with Gasteiger partial charge < -0.3 is 10.2 Å². The minimum Gasteiger partial charge on any atom is -0.317 e. The molecular formula is C13H27N3. The zero-order chi connectivity index (χ0) is 11.4. The van der Waals surface area contributed by atoms with Gasteiger partial charge in [-0.1, -0.05) is 6.92 Å². The summed E-state index contributed by atoms with van der Waals surface area (Å²) in [6.45, 7) is 8.64. The lowest BCUT2D eigenvalue weighted by atomic mass is 9.90. The minimum atomic E-state index is 0.785. The first-order chi connectivity index (χ1) is 7.83. The molecule has 0 unspecified atom stereocenters. The first kappa shape index (κ1) is 12.3. The molecule has 1 heterocycles. The molecule has 0 spiro atoms. The number of nitrogens with one attached hydrogen (secondary N) is 1. The third-order valence-electron chi connectivity index (χ3n) is 4.48. The standard InChI is InChI=1S/C13H27N3/c1-3-15-8-10-16(11-9-15)13-6-4-12(14-2)5-7-13/h12-14H,3-11H2,1-2H3/t12-,13+. The van der Waals surface area contributed by atoms with Crippen LogP contribution in [0.15, 0.2) is 0 Å². The second kappa shape index (κ2) is 5.99. The highest BCUT2D eigenvalue weighted by Gasteiger charge is 2.27. The van der Waals surface area contributed by atoms with Gasteiger partial charge in [-0.3, -0.25) is 4.90 Å². The zero-order valence-electron chi connectivity index (χ0n) is 10.9. The second-order valence-electron chi connectivity index (χ2n) is 5.26. The lowest BCUT2D eigenvalue weighted by molar-refractivity contribution is 0.0771. The Kier molecular flexibility index (Phi) is 4.62. The highest BCUT2D eigenvalue weighted by atomic mass is 15.3. The maximum atomic E-state index is 3.42. The van der Waals surface area contributed by atoms with Crippen molar-refractivity contribution < 1.29 is 0 Å². The third kappa shape index (κ3) is 2.96. The number of piperazine rings is 1. The van der Waals surface area contributed by atoms with Gasteiger partial charge in [-0.25, -0.2) is 0 Å². The van der Waals surface area contributed by atoms with Crippen LogP contribution in [0.2, 0.25) is 0 Å². The summed E-state index contributed by atoms with van der Waals surface area (Å²) in [5, 5.41) is 3.42. The van der Waals surface area contributed by atoms with E-state index in [2.05, 4.69) is 29.1 Å². The fourth-order valence-corrected chi connectivity index (χ4v) is 3.17. The topological polar surface area (TPSA) is 18.5 Å². The van der Waals surface area contributed by atoms with Gasteiger partial charge in [0.05, 0.1) is 0 Å². The van der Waals surface area contributed by atoms with Crippen LogP contribution in [0.5, 0.6) is 0 Å². The number of hydrogen-bond donors (Lipinski definition) is 1. The SMILES string of the molecule is CCN1CCN([C@H]2CC[C@@H](NC)CC2)CC1. The summed E-state index contributed by atoms with van der Waals surface area (Å²) in [7, 11) is 2.10. The fraction of sp³-hybridized carbons (Fsp3) is 1.00. The molecule has 2 fully saturated rings. The first-order valence-corrected chi connectivity index (χ1v) is 6.97. The van der Waals surface area contributed by atoms with Crippen LogP contribution in [0.25, 0.3) is 0 Å². The Morgan fingerprint density at radius 1 is 1.00 bits per heavy atom. The van der Waals surface area contributed by atoms with Crippen LogP contribution in [-0.2, 0) is 0 Å². The number of rotatable bonds is 3. The van der Waals surface area contributed by atoms with E-state index in [0.29, 0.717) is 0 Å². The Morgan fingerprint density at radius 3 is 2.12 bits per heavy atom. The third-order valence-corrected chi connectivity index (χ3v) is 4.48. The molecule has 1 aliphatic carbocycles. The smallest absolute Gasteiger partial charge is 0.0113 e. The predicted molar refractivity (Wildman–Crippen MR) is 68.8 cm³/mol. The van der Waals surface area contributed by atoms with Crippen LogP contribution in [0, 0.1) is 0 Å². The number of hydrogen-bond acceptors (Lipinski definition) is 3. The van der Waals surface area contributed by atoms with Crippen molar-refractivity contribution in [2.45, 2.75) is 44.7 Å². The van der Waals surface area contributed by atoms with Gasteiger partial charge in [0.1, 0.15) is 0 Å². The Bertz CT molecular complexity index is 169. The van der Waals surface area contributed by atoms with E-state index in [1.165, 1.54) is 58.4 Å². The van der Waals surface area contributed by atoms with Crippen molar-refractivity contribution in [2.75, 3.05) is 39.8 Å². The van der Waals surface area contributed by atoms with E-state index in [1.54, 1.807) is 0 Å². The van der Waals surface area contributed by atoms with Crippen molar-refractivity contribution in [1.29, 1.82) is 0 Å². The highest BCUT2D eigenvalue weighted by Crippen LogP contribution is 2.23. The Balaban J connectivity index is 1.73. The van der Waals surface area contributed by atoms with Crippen molar-refractivity contribution in [1.82, 2.24) is 15.1 Å². The Labute approximate surface area is 100 Å². The van der Waals surface area contributed by atoms with Crippen LogP contribution in [0.3, 0.4) is 0 Å². The van der Waals surface area contributed by atoms with Crippen LogP contribution >= 0.6 is 0 Å². The molecule has 16 heavy (non-hydrogen) atoms. The summed E-state index contributed by atoms with van der Waals surface area (Å²) >= 11 is 0. The molecule has 1 saturated heterocycles. The molecule has 1 saturated carbocycles. The molecule has 0 aromatic carbocycles. The van der Waals surface area contributed by atoms with Crippen molar-refractivity contribution in [3.63, 3.8) is 0 Å². The highest BCUT2D eigenvalue weighted by molar-refractivity contribution is 4.84. The molecule has 1 N–H and O–H groups in total. The van der Waals surface area contributed by atoms with Crippen molar-refractivity contribution in [3.8, 4) is 0 Å². The summed E-state index contributed by atoms with van der Waals surface area (Å²) in [4.78, 5) is 5.30. The van der Waals surface area contributed by atoms with E-state index in [1.807, 2.05) is 0 Å². The average Bonchev–Trinajstić information content (AvgIpc) is 2.39. The van der Waals surface area contributed by atoms with Crippen molar-refractivity contribution in [2.24, 2.45) is 0 Å². The predicted octanol–water partition coefficient (Wildman–Crippen LogP) is 1.15. The van der Waals surface area contributed by atoms with E-state index in [4.69, 9.17) is 0 Å². The van der Waals surface area contributed by atoms with E-state index >= 15 is 0 Å². The normalized spacial score (nSPS) is 34.1. The van der Waals surface area contributed by atoms with Gasteiger partial charge in [0, 0.05) is 38.3 Å². The molecule has 0 atom stereocenters. The molecule has 0 aromatic heterocycles. The molecule has 3 nitrogen and oxygen atoms in total. The monoisotopic (exact) mass is 225 g/mol. The maximum absolute atomic E-state index is 3.42. The molecule has 94 valence electrons. The summed E-state index contributed by atoms with van der Waals surface area (Å²) < 4.78 is 0. The molecule has 2 rings (SSSR count). The quantitative estimate of drug-likeness (QED) is 0.777. The summed E-state index contributed by atoms with van der Waals surface area (Å²) in [6, 6.07) is 1.66. The van der Waals surface area contributed by atoms with Gasteiger partial charge in [-0.2, -0.15) is 0 Å². The molecule has 0 amide bonds. The van der Waals surface area contributed by atoms with Crippen molar-refractivity contribution >= 4 is 0 Å². The lowest BCUT2D eigenvalue weighted by Crippen LogP contribution is -2.51. The molecule has 1 aliphatic heterocycles. The van der Waals surface area contributed by atoms with Gasteiger partial charge in [-0.05, 0) is 39.3 Å². The Morgan fingerprint density at radius 2 is 1.62 bits per heavy atom. The van der Waals surface area contributed by atoms with Crippen LogP contribution in [-0.4, -0.2) is 61.7 Å². The molecule has 0 aromatic rings. The van der Waals surface area contributed by atoms with E-state index < -0.39 is 0 Å². The molecule has 0 bridgehead atoms. The van der Waals surface area contributed by atoms with Gasteiger partial charge in [0.25, 0.3) is 0 Å². The van der Waals surface area contributed by atoms with E-state index in [-0.39, 0.29) is 0 Å². The van der Waals surface area contributed by atoms with Crippen molar-refractivity contribution in [3.05, 3.63) is 0 Å².